The van der Waals surface area contributed by atoms with Crippen LogP contribution in [0.2, 0.25) is 0 Å². The van der Waals surface area contributed by atoms with E-state index in [0.717, 1.165) is 0 Å². The van der Waals surface area contributed by atoms with Crippen molar-refractivity contribution < 1.29 is 14.3 Å². The van der Waals surface area contributed by atoms with Gasteiger partial charge in [0, 0.05) is 26.2 Å². The lowest BCUT2D eigenvalue weighted by Crippen LogP contribution is -2.51. The zero-order chi connectivity index (χ0) is 16.9. The Hall–Kier alpha value is -2.97. The van der Waals surface area contributed by atoms with Gasteiger partial charge in [-0.25, -0.2) is 4.68 Å². The first kappa shape index (κ1) is 15.9. The molecule has 1 saturated heterocycles. The van der Waals surface area contributed by atoms with E-state index in [1.165, 1.54) is 11.0 Å². The topological polar surface area (TPSA) is 93.5 Å². The molecule has 0 aliphatic carbocycles. The lowest BCUT2D eigenvalue weighted by Gasteiger charge is -2.35. The summed E-state index contributed by atoms with van der Waals surface area (Å²) < 4.78 is 6.63. The number of benzene rings is 1. The number of carbonyl (C=O) groups is 2. The molecule has 24 heavy (non-hydrogen) atoms. The summed E-state index contributed by atoms with van der Waals surface area (Å²) in [5.74, 6) is 0.409. The molecule has 0 N–H and O–H groups in total. The van der Waals surface area contributed by atoms with Crippen molar-refractivity contribution in [1.82, 2.24) is 30.0 Å². The molecule has 1 aliphatic heterocycles. The van der Waals surface area contributed by atoms with Gasteiger partial charge in [0.2, 0.25) is 5.91 Å². The summed E-state index contributed by atoms with van der Waals surface area (Å²) >= 11 is 0. The Balaban J connectivity index is 1.58. The SMILES string of the molecule is COc1ccccc1C(=O)N1CCN(C(=O)Cn2cnnn2)CC1. The Bertz CT molecular complexity index is 710. The van der Waals surface area contributed by atoms with Crippen LogP contribution >= 0.6 is 0 Å². The molecule has 9 heteroatoms. The number of para-hydroxylation sites is 1. The van der Waals surface area contributed by atoms with Crippen molar-refractivity contribution in [3.8, 4) is 5.75 Å². The number of nitrogens with zero attached hydrogens (tertiary/aromatic N) is 6. The highest BCUT2D eigenvalue weighted by Gasteiger charge is 2.26. The molecule has 0 radical (unpaired) electrons. The first-order valence-corrected chi connectivity index (χ1v) is 7.60. The number of amides is 2. The Morgan fingerprint density at radius 2 is 1.83 bits per heavy atom. The van der Waals surface area contributed by atoms with Crippen LogP contribution in [-0.4, -0.2) is 75.1 Å². The van der Waals surface area contributed by atoms with Crippen LogP contribution in [-0.2, 0) is 11.3 Å². The van der Waals surface area contributed by atoms with E-state index >= 15 is 0 Å². The van der Waals surface area contributed by atoms with Crippen LogP contribution in [0.15, 0.2) is 30.6 Å². The Morgan fingerprint density at radius 1 is 1.12 bits per heavy atom. The van der Waals surface area contributed by atoms with Gasteiger partial charge < -0.3 is 14.5 Å². The average molecular weight is 330 g/mol. The molecule has 1 aliphatic rings. The van der Waals surface area contributed by atoms with Gasteiger partial charge in [-0.2, -0.15) is 0 Å². The fraction of sp³-hybridized carbons (Fsp3) is 0.400. The summed E-state index contributed by atoms with van der Waals surface area (Å²) in [5.41, 5.74) is 0.536. The number of methoxy groups -OCH3 is 1. The van der Waals surface area contributed by atoms with Gasteiger partial charge in [0.25, 0.3) is 5.91 Å². The highest BCUT2D eigenvalue weighted by Crippen LogP contribution is 2.20. The lowest BCUT2D eigenvalue weighted by molar-refractivity contribution is -0.133. The number of piperazine rings is 1. The van der Waals surface area contributed by atoms with E-state index in [2.05, 4.69) is 15.5 Å². The van der Waals surface area contributed by atoms with E-state index in [-0.39, 0.29) is 18.4 Å². The summed E-state index contributed by atoms with van der Waals surface area (Å²) in [6.07, 6.45) is 1.40. The first-order chi connectivity index (χ1) is 11.7. The highest BCUT2D eigenvalue weighted by molar-refractivity contribution is 5.97. The number of rotatable bonds is 4. The van der Waals surface area contributed by atoms with Gasteiger partial charge in [-0.05, 0) is 22.6 Å². The molecule has 0 bridgehead atoms. The van der Waals surface area contributed by atoms with Crippen molar-refractivity contribution in [2.24, 2.45) is 0 Å². The van der Waals surface area contributed by atoms with Crippen LogP contribution in [0.5, 0.6) is 5.75 Å². The highest BCUT2D eigenvalue weighted by atomic mass is 16.5. The maximum Gasteiger partial charge on any atom is 0.257 e. The third-order valence-corrected chi connectivity index (χ3v) is 3.95. The van der Waals surface area contributed by atoms with Crippen LogP contribution in [0, 0.1) is 0 Å². The summed E-state index contributed by atoms with van der Waals surface area (Å²) in [6, 6.07) is 7.14. The third-order valence-electron chi connectivity index (χ3n) is 3.95. The monoisotopic (exact) mass is 330 g/mol. The molecular weight excluding hydrogens is 312 g/mol. The van der Waals surface area contributed by atoms with Crippen molar-refractivity contribution in [1.29, 1.82) is 0 Å². The molecular formula is C15H18N6O3. The van der Waals surface area contributed by atoms with Crippen LogP contribution in [0.25, 0.3) is 0 Å². The molecule has 1 aromatic heterocycles. The fourth-order valence-electron chi connectivity index (χ4n) is 2.64. The second-order valence-corrected chi connectivity index (χ2v) is 5.38. The molecule has 9 nitrogen and oxygen atoms in total. The van der Waals surface area contributed by atoms with Crippen LogP contribution in [0.4, 0.5) is 0 Å². The van der Waals surface area contributed by atoms with E-state index in [9.17, 15) is 9.59 Å². The first-order valence-electron chi connectivity index (χ1n) is 7.60. The predicted octanol–water partition coefficient (Wildman–Crippen LogP) is -0.334. The summed E-state index contributed by atoms with van der Waals surface area (Å²) in [4.78, 5) is 28.3. The quantitative estimate of drug-likeness (QED) is 0.762. The largest absolute Gasteiger partial charge is 0.496 e. The van der Waals surface area contributed by atoms with Gasteiger partial charge >= 0.3 is 0 Å². The maximum atomic E-state index is 12.6. The van der Waals surface area contributed by atoms with E-state index < -0.39 is 0 Å². The summed E-state index contributed by atoms with van der Waals surface area (Å²) in [6.45, 7) is 2.05. The normalized spacial score (nSPS) is 14.5. The number of tetrazole rings is 1. The second-order valence-electron chi connectivity index (χ2n) is 5.38. The lowest BCUT2D eigenvalue weighted by atomic mass is 10.1. The van der Waals surface area contributed by atoms with Crippen LogP contribution in [0.1, 0.15) is 10.4 Å². The number of carbonyl (C=O) groups excluding carboxylic acids is 2. The van der Waals surface area contributed by atoms with Crippen molar-refractivity contribution in [3.63, 3.8) is 0 Å². The molecule has 2 heterocycles. The minimum Gasteiger partial charge on any atom is -0.496 e. The minimum absolute atomic E-state index is 0.0632. The number of hydrogen-bond acceptors (Lipinski definition) is 6. The Labute approximate surface area is 138 Å². The molecule has 3 rings (SSSR count). The molecule has 0 atom stereocenters. The van der Waals surface area contributed by atoms with Crippen molar-refractivity contribution in [3.05, 3.63) is 36.2 Å². The van der Waals surface area contributed by atoms with Crippen molar-refractivity contribution in [2.75, 3.05) is 33.3 Å². The zero-order valence-electron chi connectivity index (χ0n) is 13.3. The van der Waals surface area contributed by atoms with Crippen LogP contribution < -0.4 is 4.74 Å². The molecule has 2 aromatic rings. The predicted molar refractivity (Wildman–Crippen MR) is 83.3 cm³/mol. The number of hydrogen-bond donors (Lipinski definition) is 0. The standard InChI is InChI=1S/C15H18N6O3/c1-24-13-5-3-2-4-12(13)15(23)20-8-6-19(7-9-20)14(22)10-21-11-16-17-18-21/h2-5,11H,6-10H2,1H3. The van der Waals surface area contributed by atoms with E-state index in [0.29, 0.717) is 37.5 Å². The van der Waals surface area contributed by atoms with Crippen LogP contribution in [0.3, 0.4) is 0 Å². The van der Waals surface area contributed by atoms with Gasteiger partial charge in [0.1, 0.15) is 18.6 Å². The van der Waals surface area contributed by atoms with Gasteiger partial charge in [0.15, 0.2) is 0 Å². The smallest absolute Gasteiger partial charge is 0.257 e. The molecule has 0 spiro atoms. The average Bonchev–Trinajstić information content (AvgIpc) is 3.14. The minimum atomic E-state index is -0.0833. The maximum absolute atomic E-state index is 12.6. The molecule has 2 amide bonds. The molecule has 0 saturated carbocycles. The van der Waals surface area contributed by atoms with Gasteiger partial charge in [-0.3, -0.25) is 9.59 Å². The van der Waals surface area contributed by atoms with Crippen molar-refractivity contribution in [2.45, 2.75) is 6.54 Å². The van der Waals surface area contributed by atoms with Gasteiger partial charge in [-0.1, -0.05) is 12.1 Å². The summed E-state index contributed by atoms with van der Waals surface area (Å²) in [7, 11) is 1.54. The van der Waals surface area contributed by atoms with Gasteiger partial charge in [-0.15, -0.1) is 5.10 Å². The number of ether oxygens (including phenoxy) is 1. The van der Waals surface area contributed by atoms with E-state index in [1.54, 1.807) is 29.0 Å². The fourth-order valence-corrected chi connectivity index (χ4v) is 2.64. The molecule has 1 aromatic carbocycles. The van der Waals surface area contributed by atoms with E-state index in [1.807, 2.05) is 12.1 Å². The van der Waals surface area contributed by atoms with Crippen molar-refractivity contribution >= 4 is 11.8 Å². The van der Waals surface area contributed by atoms with E-state index in [4.69, 9.17) is 4.74 Å². The molecule has 126 valence electrons. The third kappa shape index (κ3) is 3.34. The second kappa shape index (κ2) is 7.07. The number of aromatic nitrogens is 4. The summed E-state index contributed by atoms with van der Waals surface area (Å²) in [5, 5.41) is 10.7. The van der Waals surface area contributed by atoms with Gasteiger partial charge in [0.05, 0.1) is 12.7 Å². The Kier molecular flexibility index (Phi) is 4.69. The molecule has 1 fully saturated rings. The Morgan fingerprint density at radius 3 is 2.50 bits per heavy atom. The molecule has 0 unspecified atom stereocenters. The zero-order valence-corrected chi connectivity index (χ0v) is 13.3.